The third-order valence-electron chi connectivity index (χ3n) is 30.5. The van der Waals surface area contributed by atoms with Crippen molar-refractivity contribution < 1.29 is 164 Å². The number of imide groups is 4. The molecule has 0 aromatic rings. The van der Waals surface area contributed by atoms with Gasteiger partial charge in [0.05, 0.1) is 30.5 Å². The van der Waals surface area contributed by atoms with Crippen LogP contribution in [0, 0.1) is 94.7 Å². The fourth-order valence-electron chi connectivity index (χ4n) is 20.0. The first kappa shape index (κ1) is 118. The summed E-state index contributed by atoms with van der Waals surface area (Å²) in [6.07, 6.45) is 12.2. The number of aliphatic hydroxyl groups is 1. The molecule has 26 atom stereocenters. The van der Waals surface area contributed by atoms with Gasteiger partial charge >= 0.3 is 35.8 Å². The Kier molecular flexibility index (Phi) is 48.5. The molecule has 0 aromatic heterocycles. The topological polar surface area (TPSA) is 549 Å². The second kappa shape index (κ2) is 58.3. The second-order valence-corrected chi connectivity index (χ2v) is 40.6. The molecule has 42 heteroatoms. The molecule has 802 valence electrons. The lowest BCUT2D eigenvalue weighted by molar-refractivity contribution is -0.246. The first-order valence-electron chi connectivity index (χ1n) is 51.6. The number of unbranched alkanes of at least 4 members (excludes halogenated alkanes) is 4. The van der Waals surface area contributed by atoms with Crippen LogP contribution in [0.25, 0.3) is 0 Å². The lowest BCUT2D eigenvalue weighted by Gasteiger charge is -2.43. The van der Waals surface area contributed by atoms with Crippen LogP contribution in [0.2, 0.25) is 0 Å². The molecule has 8 heterocycles. The molecule has 12 aliphatic rings. The monoisotopic (exact) mass is 2020 g/mol. The number of nitrogens with one attached hydrogen (secondary N) is 4. The molecular formula is C100H158N8O34. The number of hydroxylamine groups is 8. The van der Waals surface area contributed by atoms with E-state index in [9.17, 15) is 91.4 Å². The van der Waals surface area contributed by atoms with Gasteiger partial charge in [-0.2, -0.15) is 0 Å². The molecule has 42 nitrogen and oxygen atoms in total. The van der Waals surface area contributed by atoms with Crippen LogP contribution in [-0.4, -0.2) is 258 Å². The van der Waals surface area contributed by atoms with Crippen molar-refractivity contribution in [1.82, 2.24) is 41.5 Å². The van der Waals surface area contributed by atoms with Gasteiger partial charge in [0.2, 0.25) is 23.6 Å². The molecule has 4 saturated carbocycles. The molecule has 26 unspecified atom stereocenters. The van der Waals surface area contributed by atoms with E-state index in [1.807, 2.05) is 0 Å². The number of carbonyl (C=O) groups excluding carboxylic acids is 18. The van der Waals surface area contributed by atoms with E-state index in [0.29, 0.717) is 212 Å². The molecule has 8 aliphatic heterocycles. The number of carbonyl (C=O) groups is 18. The van der Waals surface area contributed by atoms with Crippen LogP contribution in [0.5, 0.6) is 0 Å². The highest BCUT2D eigenvalue weighted by atomic mass is 16.7. The molecule has 8 saturated heterocycles. The highest BCUT2D eigenvalue weighted by molar-refractivity contribution is 6.03. The highest BCUT2D eigenvalue weighted by Crippen LogP contribution is 2.42. The lowest BCUT2D eigenvalue weighted by Crippen LogP contribution is -2.50. The molecular weight excluding hydrogens is 1860 g/mol. The van der Waals surface area contributed by atoms with Crippen LogP contribution in [0.15, 0.2) is 0 Å². The Hall–Kier alpha value is -9.14. The van der Waals surface area contributed by atoms with Gasteiger partial charge in [0.25, 0.3) is 47.3 Å². The summed E-state index contributed by atoms with van der Waals surface area (Å²) >= 11 is 0. The van der Waals surface area contributed by atoms with Crippen molar-refractivity contribution in [3.63, 3.8) is 0 Å². The molecule has 12 rings (SSSR count). The number of aliphatic hydroxyl groups excluding tert-OH is 1. The predicted octanol–water partition coefficient (Wildman–Crippen LogP) is 8.11. The zero-order valence-electron chi connectivity index (χ0n) is 85.4. The third-order valence-corrected chi connectivity index (χ3v) is 30.5. The van der Waals surface area contributed by atoms with Crippen molar-refractivity contribution in [3.8, 4) is 0 Å². The lowest BCUT2D eigenvalue weighted by atomic mass is 9.79. The summed E-state index contributed by atoms with van der Waals surface area (Å²) in [5.74, 6) is -4.28. The fraction of sp³-hybridized carbons (Fsp3) is 0.820. The van der Waals surface area contributed by atoms with Gasteiger partial charge in [-0.25, -0.2) is 19.2 Å². The first-order chi connectivity index (χ1) is 67.1. The smallest absolute Gasteiger partial charge is 0.333 e. The summed E-state index contributed by atoms with van der Waals surface area (Å²) in [5, 5.41) is 24.0. The van der Waals surface area contributed by atoms with Crippen molar-refractivity contribution in [2.24, 2.45) is 94.7 Å². The molecule has 0 spiro atoms. The number of nitrogens with zero attached hydrogens (tertiary/aromatic N) is 4. The molecule has 0 radical (unpaired) electrons. The standard InChI is InChI=1S/2C26H40N2O9.C24H38N2O8.C24H38N2O7.H2O/c2*1-15-16(2)21(14-27-25(33)19-8-9-20(13-19)35-18(4)29)36-26(17(15)3)34-12-6-5-7-24(32)37-28-22(30)10-11-23(28)31;1-14-15(2)19(13-25-23(31)17-7-8-18(27)12-17)33-24(16(14)3)32-11-5-4-6-22(30)34-26-20(28)9-10-21(26)29;1-15-16(2)19(14-25-23(30)18-8-4-5-9-18)32-24(17(15)3)31-13-7-6-10-22(29)33-26-20(27)11-12-21(26)28;/h2*15-17,19-21,26H,5-14H2,1-4H3,(H,27,33);14-19,24,27H,4-13H2,1-3H3,(H,25,31);15-19,24H,4-14H2,1-3H3,(H,25,30);1H2. The van der Waals surface area contributed by atoms with Crippen LogP contribution in [-0.2, 0) is 153 Å². The van der Waals surface area contributed by atoms with Crippen molar-refractivity contribution in [2.75, 3.05) is 52.6 Å². The summed E-state index contributed by atoms with van der Waals surface area (Å²) in [7, 11) is 0. The number of hydrogen-bond donors (Lipinski definition) is 5. The van der Waals surface area contributed by atoms with E-state index in [-0.39, 0.29) is 232 Å². The van der Waals surface area contributed by atoms with Crippen LogP contribution in [0.3, 0.4) is 0 Å². The zero-order valence-corrected chi connectivity index (χ0v) is 85.4. The molecule has 12 amide bonds. The van der Waals surface area contributed by atoms with Gasteiger partial charge in [0.1, 0.15) is 12.2 Å². The summed E-state index contributed by atoms with van der Waals surface area (Å²) < 4.78 is 59.3. The maximum Gasteiger partial charge on any atom is 0.333 e. The van der Waals surface area contributed by atoms with Crippen molar-refractivity contribution >= 4 is 107 Å². The van der Waals surface area contributed by atoms with Crippen molar-refractivity contribution in [1.29, 1.82) is 0 Å². The van der Waals surface area contributed by atoms with E-state index in [1.54, 1.807) is 0 Å². The van der Waals surface area contributed by atoms with Crippen molar-refractivity contribution in [3.05, 3.63) is 0 Å². The number of rotatable bonds is 42. The zero-order chi connectivity index (χ0) is 103. The van der Waals surface area contributed by atoms with Gasteiger partial charge in [-0.15, -0.1) is 20.3 Å². The Morgan fingerprint density at radius 1 is 0.296 bits per heavy atom. The molecule has 12 fully saturated rings. The van der Waals surface area contributed by atoms with Crippen molar-refractivity contribution in [2.45, 2.75) is 377 Å². The van der Waals surface area contributed by atoms with Crippen LogP contribution in [0.1, 0.15) is 309 Å². The fourth-order valence-corrected chi connectivity index (χ4v) is 20.0. The van der Waals surface area contributed by atoms with E-state index in [2.05, 4.69) is 104 Å². The SMILES string of the molecule is CC(=O)OC1CCC(C(=O)NCC2OC(OCCCCC(=O)ON3C(=O)CCC3=O)C(C)C(C)C2C)C1.CC(=O)OC1CCC(C(=O)NCC2OC(OCCCCC(=O)ON3C(=O)CCC3=O)C(C)C(C)C2C)C1.CC1C(CNC(=O)C2CCC(O)C2)OC(OCCCCC(=O)ON2C(=O)CCC2=O)C(C)C1C.CC1C(CNC(=O)C2CCCC2)OC(OCCCCC(=O)ON2C(=O)CCC2=O)C(C)C1C.O. The van der Waals surface area contributed by atoms with Gasteiger partial charge in [0.15, 0.2) is 25.2 Å². The van der Waals surface area contributed by atoms with Gasteiger partial charge in [-0.05, 0) is 169 Å². The summed E-state index contributed by atoms with van der Waals surface area (Å²) in [5.41, 5.74) is 0. The minimum absolute atomic E-state index is 0. The quantitative estimate of drug-likeness (QED) is 0.0219. The Bertz CT molecular complexity index is 4050. The molecule has 0 bridgehead atoms. The van der Waals surface area contributed by atoms with Gasteiger partial charge in [-0.1, -0.05) is 95.9 Å². The largest absolute Gasteiger partial charge is 0.463 e. The highest BCUT2D eigenvalue weighted by Gasteiger charge is 2.47. The predicted molar refractivity (Wildman–Crippen MR) is 499 cm³/mol. The Balaban J connectivity index is 0.000000231. The van der Waals surface area contributed by atoms with E-state index in [0.717, 1.165) is 25.7 Å². The maximum absolute atomic E-state index is 12.7. The average molecular weight is 2020 g/mol. The number of amides is 12. The second-order valence-electron chi connectivity index (χ2n) is 40.6. The normalized spacial score (nSPS) is 31.9. The molecule has 4 aliphatic carbocycles. The molecule has 0 aromatic carbocycles. The van der Waals surface area contributed by atoms with Crippen LogP contribution in [0.4, 0.5) is 0 Å². The average Bonchev–Trinajstić information content (AvgIpc) is 1.18. The van der Waals surface area contributed by atoms with E-state index in [1.165, 1.54) is 13.8 Å². The maximum atomic E-state index is 12.7. The van der Waals surface area contributed by atoms with E-state index in [4.69, 9.17) is 66.7 Å². The van der Waals surface area contributed by atoms with E-state index < -0.39 is 90.0 Å². The minimum Gasteiger partial charge on any atom is -0.463 e. The minimum atomic E-state index is -0.620. The number of hydrogen-bond acceptors (Lipinski definition) is 33. The van der Waals surface area contributed by atoms with Gasteiger partial charge in [-0.3, -0.25) is 67.1 Å². The Morgan fingerprint density at radius 2 is 0.521 bits per heavy atom. The molecule has 7 N–H and O–H groups in total. The summed E-state index contributed by atoms with van der Waals surface area (Å²) in [6, 6.07) is 0. The summed E-state index contributed by atoms with van der Waals surface area (Å²) in [4.78, 5) is 232. The van der Waals surface area contributed by atoms with Gasteiger partial charge < -0.3 is 98.6 Å². The van der Waals surface area contributed by atoms with Gasteiger partial charge in [0, 0.05) is 191 Å². The number of esters is 2. The van der Waals surface area contributed by atoms with Crippen LogP contribution < -0.4 is 21.3 Å². The first-order valence-corrected chi connectivity index (χ1v) is 51.6. The van der Waals surface area contributed by atoms with E-state index >= 15 is 0 Å². The summed E-state index contributed by atoms with van der Waals surface area (Å²) in [6.45, 7) is 31.5. The Morgan fingerprint density at radius 3 is 0.746 bits per heavy atom. The van der Waals surface area contributed by atoms with Crippen LogP contribution >= 0.6 is 0 Å². The molecule has 142 heavy (non-hydrogen) atoms. The Labute approximate surface area is 832 Å². The number of ether oxygens (including phenoxy) is 10. The third kappa shape index (κ3) is 35.6.